The third kappa shape index (κ3) is 4.80. The maximum atomic E-state index is 13.2. The molecule has 2 aliphatic heterocycles. The van der Waals surface area contributed by atoms with Crippen LogP contribution in [0.25, 0.3) is 0 Å². The normalized spacial score (nSPS) is 23.8. The van der Waals surface area contributed by atoms with Gasteiger partial charge in [-0.05, 0) is 18.4 Å². The van der Waals surface area contributed by atoms with Gasteiger partial charge < -0.3 is 4.74 Å². The second-order valence-corrected chi connectivity index (χ2v) is 8.91. The first-order chi connectivity index (χ1) is 12.1. The molecule has 0 amide bonds. The summed E-state index contributed by atoms with van der Waals surface area (Å²) in [6.45, 7) is 5.11. The molecule has 7 heteroatoms. The van der Waals surface area contributed by atoms with Crippen LogP contribution in [0.4, 0.5) is 0 Å². The van der Waals surface area contributed by atoms with Crippen molar-refractivity contribution in [1.29, 1.82) is 0 Å². The smallest absolute Gasteiger partial charge is 0.282 e. The van der Waals surface area contributed by atoms with Crippen molar-refractivity contribution in [1.82, 2.24) is 13.5 Å². The quantitative estimate of drug-likeness (QED) is 0.766. The van der Waals surface area contributed by atoms with Gasteiger partial charge in [0.05, 0.1) is 13.2 Å². The summed E-state index contributed by atoms with van der Waals surface area (Å²) in [7, 11) is -1.77. The molecule has 0 bridgehead atoms. The lowest BCUT2D eigenvalue weighted by Gasteiger charge is -2.40. The molecule has 0 N–H and O–H groups in total. The lowest BCUT2D eigenvalue weighted by molar-refractivity contribution is 0.0258. The first-order valence-corrected chi connectivity index (χ1v) is 10.5. The number of hydrogen-bond donors (Lipinski definition) is 0. The van der Waals surface area contributed by atoms with E-state index in [2.05, 4.69) is 4.90 Å². The zero-order valence-electron chi connectivity index (χ0n) is 15.0. The molecule has 2 aliphatic rings. The van der Waals surface area contributed by atoms with E-state index in [0.717, 1.165) is 57.7 Å². The van der Waals surface area contributed by atoms with Crippen molar-refractivity contribution >= 4 is 10.2 Å². The van der Waals surface area contributed by atoms with Gasteiger partial charge in [0.15, 0.2) is 0 Å². The summed E-state index contributed by atoms with van der Waals surface area (Å²) in [5.74, 6) is 0. The summed E-state index contributed by atoms with van der Waals surface area (Å²) < 4.78 is 34.9. The number of ether oxygens (including phenoxy) is 1. The molecule has 3 rings (SSSR count). The van der Waals surface area contributed by atoms with Crippen LogP contribution >= 0.6 is 0 Å². The number of hydrogen-bond acceptors (Lipinski definition) is 4. The molecule has 6 nitrogen and oxygen atoms in total. The van der Waals surface area contributed by atoms with Gasteiger partial charge in [0.2, 0.25) is 0 Å². The Morgan fingerprint density at radius 2 is 1.84 bits per heavy atom. The molecule has 2 fully saturated rings. The summed E-state index contributed by atoms with van der Waals surface area (Å²) in [4.78, 5) is 2.33. The third-order valence-electron chi connectivity index (χ3n) is 5.08. The van der Waals surface area contributed by atoms with Crippen molar-refractivity contribution in [2.24, 2.45) is 0 Å². The predicted molar refractivity (Wildman–Crippen MR) is 98.4 cm³/mol. The van der Waals surface area contributed by atoms with Crippen LogP contribution in [-0.4, -0.2) is 74.4 Å². The van der Waals surface area contributed by atoms with E-state index in [1.807, 2.05) is 30.3 Å². The van der Waals surface area contributed by atoms with Crippen LogP contribution < -0.4 is 0 Å². The van der Waals surface area contributed by atoms with Gasteiger partial charge in [-0.15, -0.1) is 0 Å². The van der Waals surface area contributed by atoms with Crippen molar-refractivity contribution in [2.75, 3.05) is 46.4 Å². The van der Waals surface area contributed by atoms with Gasteiger partial charge in [-0.2, -0.15) is 17.0 Å². The van der Waals surface area contributed by atoms with Crippen LogP contribution in [0.1, 0.15) is 24.8 Å². The highest BCUT2D eigenvalue weighted by Crippen LogP contribution is 2.24. The average Bonchev–Trinajstić information content (AvgIpc) is 2.64. The van der Waals surface area contributed by atoms with E-state index in [4.69, 9.17) is 4.74 Å². The minimum Gasteiger partial charge on any atom is -0.379 e. The lowest BCUT2D eigenvalue weighted by Crippen LogP contribution is -2.54. The van der Waals surface area contributed by atoms with Crippen molar-refractivity contribution < 1.29 is 13.2 Å². The second-order valence-electron chi connectivity index (χ2n) is 6.92. The minimum atomic E-state index is -3.45. The van der Waals surface area contributed by atoms with Crippen LogP contribution in [0.5, 0.6) is 0 Å². The summed E-state index contributed by atoms with van der Waals surface area (Å²) in [6, 6.07) is 9.83. The minimum absolute atomic E-state index is 0.0649. The molecule has 25 heavy (non-hydrogen) atoms. The summed E-state index contributed by atoms with van der Waals surface area (Å²) in [5.41, 5.74) is 1.01. The molecule has 0 unspecified atom stereocenters. The molecule has 2 saturated heterocycles. The van der Waals surface area contributed by atoms with Gasteiger partial charge in [0.1, 0.15) is 0 Å². The number of benzene rings is 1. The fourth-order valence-electron chi connectivity index (χ4n) is 3.64. The van der Waals surface area contributed by atoms with Crippen LogP contribution in [0, 0.1) is 0 Å². The first kappa shape index (κ1) is 18.8. The van der Waals surface area contributed by atoms with Gasteiger partial charge in [-0.25, -0.2) is 0 Å². The number of piperidine rings is 1. The molecule has 0 aromatic heterocycles. The first-order valence-electron chi connectivity index (χ1n) is 9.14. The standard InChI is InChI=1S/C18H29N3O3S/c1-19(15-17-7-3-2-4-8-17)25(22,23)21-10-6-5-9-18(21)16-20-11-13-24-14-12-20/h2-4,7-8,18H,5-6,9-16H2,1H3/t18-/m0/s1. The fourth-order valence-corrected chi connectivity index (χ4v) is 5.22. The van der Waals surface area contributed by atoms with E-state index in [0.29, 0.717) is 13.1 Å². The van der Waals surface area contributed by atoms with Gasteiger partial charge >= 0.3 is 0 Å². The van der Waals surface area contributed by atoms with Crippen molar-refractivity contribution in [3.8, 4) is 0 Å². The SMILES string of the molecule is CN(Cc1ccccc1)S(=O)(=O)N1CCCC[C@H]1CN1CCOCC1. The van der Waals surface area contributed by atoms with E-state index < -0.39 is 10.2 Å². The van der Waals surface area contributed by atoms with Crippen LogP contribution in [0.3, 0.4) is 0 Å². The Bertz CT molecular complexity index is 632. The van der Waals surface area contributed by atoms with Crippen molar-refractivity contribution in [2.45, 2.75) is 31.8 Å². The Kier molecular flexibility index (Phi) is 6.46. The highest BCUT2D eigenvalue weighted by Gasteiger charge is 2.36. The van der Waals surface area contributed by atoms with E-state index in [1.165, 1.54) is 4.31 Å². The number of nitrogens with zero attached hydrogens (tertiary/aromatic N) is 3. The summed E-state index contributed by atoms with van der Waals surface area (Å²) in [6.07, 6.45) is 2.98. The highest BCUT2D eigenvalue weighted by molar-refractivity contribution is 7.86. The molecule has 0 radical (unpaired) electrons. The number of rotatable bonds is 6. The van der Waals surface area contributed by atoms with Crippen LogP contribution in [0.2, 0.25) is 0 Å². The Morgan fingerprint density at radius 3 is 2.56 bits per heavy atom. The Labute approximate surface area is 151 Å². The molecule has 0 spiro atoms. The molecule has 2 heterocycles. The molecule has 1 aromatic carbocycles. The summed E-state index contributed by atoms with van der Waals surface area (Å²) in [5, 5.41) is 0. The predicted octanol–water partition coefficient (Wildman–Crippen LogP) is 1.55. The molecule has 0 aliphatic carbocycles. The Hall–Kier alpha value is -0.990. The van der Waals surface area contributed by atoms with Gasteiger partial charge in [-0.1, -0.05) is 36.8 Å². The zero-order valence-corrected chi connectivity index (χ0v) is 15.8. The second kappa shape index (κ2) is 8.60. The monoisotopic (exact) mass is 367 g/mol. The van der Waals surface area contributed by atoms with Gasteiger partial charge in [0, 0.05) is 45.8 Å². The van der Waals surface area contributed by atoms with Gasteiger partial charge in [-0.3, -0.25) is 4.90 Å². The molecule has 140 valence electrons. The maximum absolute atomic E-state index is 13.2. The highest BCUT2D eigenvalue weighted by atomic mass is 32.2. The van der Waals surface area contributed by atoms with E-state index in [1.54, 1.807) is 11.4 Å². The lowest BCUT2D eigenvalue weighted by atomic mass is 10.0. The Morgan fingerprint density at radius 1 is 1.12 bits per heavy atom. The van der Waals surface area contributed by atoms with Crippen LogP contribution in [0.15, 0.2) is 30.3 Å². The van der Waals surface area contributed by atoms with E-state index >= 15 is 0 Å². The molecular formula is C18H29N3O3S. The molecule has 1 atom stereocenters. The maximum Gasteiger partial charge on any atom is 0.282 e. The molecule has 1 aromatic rings. The largest absolute Gasteiger partial charge is 0.379 e. The third-order valence-corrected chi connectivity index (χ3v) is 7.07. The Balaban J connectivity index is 1.68. The fraction of sp³-hybridized carbons (Fsp3) is 0.667. The molecule has 0 saturated carbocycles. The van der Waals surface area contributed by atoms with Crippen LogP contribution in [-0.2, 0) is 21.5 Å². The summed E-state index contributed by atoms with van der Waals surface area (Å²) >= 11 is 0. The topological polar surface area (TPSA) is 53.1 Å². The van der Waals surface area contributed by atoms with E-state index in [-0.39, 0.29) is 6.04 Å². The van der Waals surface area contributed by atoms with E-state index in [9.17, 15) is 8.42 Å². The zero-order chi connectivity index (χ0) is 17.7. The van der Waals surface area contributed by atoms with Crippen molar-refractivity contribution in [3.05, 3.63) is 35.9 Å². The van der Waals surface area contributed by atoms with Crippen molar-refractivity contribution in [3.63, 3.8) is 0 Å². The average molecular weight is 368 g/mol. The number of morpholine rings is 1. The van der Waals surface area contributed by atoms with Gasteiger partial charge in [0.25, 0.3) is 10.2 Å². The molecular weight excluding hydrogens is 338 g/mol.